The Morgan fingerprint density at radius 2 is 1.96 bits per heavy atom. The number of halogens is 1. The summed E-state index contributed by atoms with van der Waals surface area (Å²) in [5.41, 5.74) is 1.91. The molecular weight excluding hydrogens is 331 g/mol. The summed E-state index contributed by atoms with van der Waals surface area (Å²) < 4.78 is 13.3. The molecule has 2 aromatic heterocycles. The van der Waals surface area contributed by atoms with Crippen LogP contribution in [0.3, 0.4) is 0 Å². The number of carbonyl (C=O) groups excluding carboxylic acids is 1. The standard InChI is InChI=1S/C20H21FN4O/c1-25(2)11-9-18(14-5-7-16(21)8-6-14)24-20(26)17-13-22-12-15-4-3-10-23-19(15)17/h3-8,10,12-13,18H,9,11H2,1-2H3,(H,24,26). The maximum Gasteiger partial charge on any atom is 0.255 e. The predicted octanol–water partition coefficient (Wildman–Crippen LogP) is 3.19. The van der Waals surface area contributed by atoms with Crippen LogP contribution in [0.2, 0.25) is 0 Å². The first kappa shape index (κ1) is 17.9. The number of fused-ring (bicyclic) bond motifs is 1. The number of hydrogen-bond donors (Lipinski definition) is 1. The van der Waals surface area contributed by atoms with E-state index in [1.54, 1.807) is 24.5 Å². The van der Waals surface area contributed by atoms with Crippen molar-refractivity contribution in [1.29, 1.82) is 0 Å². The normalized spacial score (nSPS) is 12.3. The van der Waals surface area contributed by atoms with Gasteiger partial charge in [0.15, 0.2) is 0 Å². The molecule has 1 aromatic carbocycles. The van der Waals surface area contributed by atoms with E-state index in [1.165, 1.54) is 18.3 Å². The van der Waals surface area contributed by atoms with E-state index in [0.29, 0.717) is 17.5 Å². The number of benzene rings is 1. The topological polar surface area (TPSA) is 58.1 Å². The van der Waals surface area contributed by atoms with Gasteiger partial charge in [0.2, 0.25) is 0 Å². The van der Waals surface area contributed by atoms with Crippen LogP contribution < -0.4 is 5.32 Å². The van der Waals surface area contributed by atoms with Gasteiger partial charge in [0.25, 0.3) is 5.91 Å². The second-order valence-corrected chi connectivity index (χ2v) is 6.43. The van der Waals surface area contributed by atoms with E-state index in [2.05, 4.69) is 15.3 Å². The summed E-state index contributed by atoms with van der Waals surface area (Å²) in [5.74, 6) is -0.538. The molecule has 0 saturated carbocycles. The lowest BCUT2D eigenvalue weighted by molar-refractivity contribution is 0.0934. The van der Waals surface area contributed by atoms with E-state index in [1.807, 2.05) is 31.1 Å². The zero-order valence-corrected chi connectivity index (χ0v) is 14.8. The second kappa shape index (κ2) is 8.01. The van der Waals surface area contributed by atoms with E-state index < -0.39 is 0 Å². The molecule has 3 rings (SSSR count). The third-order valence-corrected chi connectivity index (χ3v) is 4.20. The Morgan fingerprint density at radius 1 is 1.19 bits per heavy atom. The highest BCUT2D eigenvalue weighted by molar-refractivity contribution is 6.05. The Hall–Kier alpha value is -2.86. The first-order valence-electron chi connectivity index (χ1n) is 8.44. The third-order valence-electron chi connectivity index (χ3n) is 4.20. The molecule has 6 heteroatoms. The molecule has 1 amide bonds. The molecule has 3 aromatic rings. The Bertz CT molecular complexity index is 890. The van der Waals surface area contributed by atoms with E-state index in [-0.39, 0.29) is 17.8 Å². The number of hydrogen-bond acceptors (Lipinski definition) is 4. The van der Waals surface area contributed by atoms with Gasteiger partial charge in [-0.25, -0.2) is 4.39 Å². The quantitative estimate of drug-likeness (QED) is 0.740. The van der Waals surface area contributed by atoms with Crippen LogP contribution in [0, 0.1) is 5.82 Å². The average molecular weight is 352 g/mol. The maximum atomic E-state index is 13.3. The van der Waals surface area contributed by atoms with Gasteiger partial charge in [-0.15, -0.1) is 0 Å². The van der Waals surface area contributed by atoms with Crippen LogP contribution in [0.5, 0.6) is 0 Å². The molecule has 1 unspecified atom stereocenters. The zero-order chi connectivity index (χ0) is 18.5. The highest BCUT2D eigenvalue weighted by atomic mass is 19.1. The molecule has 134 valence electrons. The van der Waals surface area contributed by atoms with E-state index >= 15 is 0 Å². The van der Waals surface area contributed by atoms with Crippen LogP contribution in [0.4, 0.5) is 4.39 Å². The molecule has 0 aliphatic heterocycles. The zero-order valence-electron chi connectivity index (χ0n) is 14.8. The molecule has 26 heavy (non-hydrogen) atoms. The van der Waals surface area contributed by atoms with Gasteiger partial charge in [0.1, 0.15) is 5.82 Å². The number of rotatable bonds is 6. The molecule has 1 atom stereocenters. The lowest BCUT2D eigenvalue weighted by atomic mass is 10.0. The van der Waals surface area contributed by atoms with E-state index in [4.69, 9.17) is 0 Å². The number of carbonyl (C=O) groups is 1. The van der Waals surface area contributed by atoms with Gasteiger partial charge in [-0.2, -0.15) is 0 Å². The minimum Gasteiger partial charge on any atom is -0.345 e. The summed E-state index contributed by atoms with van der Waals surface area (Å²) in [7, 11) is 3.95. The Balaban J connectivity index is 1.87. The van der Waals surface area contributed by atoms with Gasteiger partial charge < -0.3 is 10.2 Å². The monoisotopic (exact) mass is 352 g/mol. The minimum absolute atomic E-state index is 0.232. The summed E-state index contributed by atoms with van der Waals surface area (Å²) in [5, 5.41) is 3.86. The van der Waals surface area contributed by atoms with Crippen molar-refractivity contribution >= 4 is 16.8 Å². The molecule has 0 bridgehead atoms. The maximum absolute atomic E-state index is 13.3. The van der Waals surface area contributed by atoms with Crippen molar-refractivity contribution in [3.8, 4) is 0 Å². The van der Waals surface area contributed by atoms with Gasteiger partial charge >= 0.3 is 0 Å². The molecule has 0 saturated heterocycles. The van der Waals surface area contributed by atoms with Crippen molar-refractivity contribution in [2.75, 3.05) is 20.6 Å². The smallest absolute Gasteiger partial charge is 0.255 e. The van der Waals surface area contributed by atoms with Crippen LogP contribution in [0.1, 0.15) is 28.4 Å². The average Bonchev–Trinajstić information content (AvgIpc) is 2.65. The van der Waals surface area contributed by atoms with Crippen molar-refractivity contribution in [3.05, 3.63) is 71.9 Å². The predicted molar refractivity (Wildman–Crippen MR) is 99.3 cm³/mol. The summed E-state index contributed by atoms with van der Waals surface area (Å²) in [4.78, 5) is 23.4. The fourth-order valence-corrected chi connectivity index (χ4v) is 2.81. The van der Waals surface area contributed by atoms with Crippen molar-refractivity contribution in [3.63, 3.8) is 0 Å². The van der Waals surface area contributed by atoms with Crippen molar-refractivity contribution in [2.24, 2.45) is 0 Å². The molecule has 0 aliphatic rings. The van der Waals surface area contributed by atoms with Crippen LogP contribution in [-0.2, 0) is 0 Å². The highest BCUT2D eigenvalue weighted by Crippen LogP contribution is 2.20. The van der Waals surface area contributed by atoms with Gasteiger partial charge in [-0.3, -0.25) is 14.8 Å². The molecule has 5 nitrogen and oxygen atoms in total. The molecule has 0 radical (unpaired) electrons. The van der Waals surface area contributed by atoms with Crippen molar-refractivity contribution in [1.82, 2.24) is 20.2 Å². The van der Waals surface area contributed by atoms with Crippen LogP contribution >= 0.6 is 0 Å². The molecule has 0 fully saturated rings. The second-order valence-electron chi connectivity index (χ2n) is 6.43. The van der Waals surface area contributed by atoms with Crippen LogP contribution in [0.15, 0.2) is 55.0 Å². The number of amides is 1. The van der Waals surface area contributed by atoms with Gasteiger partial charge in [-0.1, -0.05) is 12.1 Å². The Kier molecular flexibility index (Phi) is 5.53. The van der Waals surface area contributed by atoms with Crippen LogP contribution in [0.25, 0.3) is 10.9 Å². The first-order chi connectivity index (χ1) is 12.5. The number of nitrogens with zero attached hydrogens (tertiary/aromatic N) is 3. The first-order valence-corrected chi connectivity index (χ1v) is 8.44. The van der Waals surface area contributed by atoms with Gasteiger partial charge in [-0.05, 0) is 56.9 Å². The lowest BCUT2D eigenvalue weighted by Gasteiger charge is -2.21. The number of aromatic nitrogens is 2. The Labute approximate surface area is 151 Å². The molecular formula is C20H21FN4O. The summed E-state index contributed by atoms with van der Waals surface area (Å²) in [6, 6.07) is 9.67. The minimum atomic E-state index is -0.297. The number of nitrogens with one attached hydrogen (secondary N) is 1. The fraction of sp³-hybridized carbons (Fsp3) is 0.250. The molecule has 2 heterocycles. The molecule has 1 N–H and O–H groups in total. The van der Waals surface area contributed by atoms with Crippen LogP contribution in [-0.4, -0.2) is 41.4 Å². The van der Waals surface area contributed by atoms with Gasteiger partial charge in [0, 0.05) is 24.0 Å². The van der Waals surface area contributed by atoms with E-state index in [9.17, 15) is 9.18 Å². The SMILES string of the molecule is CN(C)CCC(NC(=O)c1cncc2cccnc12)c1ccc(F)cc1. The van der Waals surface area contributed by atoms with Crippen molar-refractivity contribution in [2.45, 2.75) is 12.5 Å². The third kappa shape index (κ3) is 4.21. The Morgan fingerprint density at radius 3 is 2.69 bits per heavy atom. The summed E-state index contributed by atoms with van der Waals surface area (Å²) in [6.45, 7) is 0.786. The molecule has 0 spiro atoms. The lowest BCUT2D eigenvalue weighted by Crippen LogP contribution is -2.31. The number of pyridine rings is 2. The molecule has 0 aliphatic carbocycles. The largest absolute Gasteiger partial charge is 0.345 e. The van der Waals surface area contributed by atoms with E-state index in [0.717, 1.165) is 17.5 Å². The highest BCUT2D eigenvalue weighted by Gasteiger charge is 2.18. The van der Waals surface area contributed by atoms with Gasteiger partial charge in [0.05, 0.1) is 17.1 Å². The fourth-order valence-electron chi connectivity index (χ4n) is 2.81. The summed E-state index contributed by atoms with van der Waals surface area (Å²) in [6.07, 6.45) is 5.57. The summed E-state index contributed by atoms with van der Waals surface area (Å²) >= 11 is 0. The van der Waals surface area contributed by atoms with Crippen molar-refractivity contribution < 1.29 is 9.18 Å².